The Bertz CT molecular complexity index is 1040. The number of likely N-dealkylation sites (N-methyl/N-ethyl adjacent to an activating group) is 1. The number of nitrogens with zero attached hydrogens (tertiary/aromatic N) is 3. The third-order valence-corrected chi connectivity index (χ3v) is 5.96. The third kappa shape index (κ3) is 2.68. The van der Waals surface area contributed by atoms with Crippen molar-refractivity contribution in [1.82, 2.24) is 20.0 Å². The van der Waals surface area contributed by atoms with Crippen LogP contribution in [0.25, 0.3) is 22.5 Å². The predicted octanol–water partition coefficient (Wildman–Crippen LogP) is 3.02. The molecule has 2 aliphatic rings. The van der Waals surface area contributed by atoms with Gasteiger partial charge in [-0.2, -0.15) is 5.10 Å². The quantitative estimate of drug-likeness (QED) is 0.567. The molecule has 1 unspecified atom stereocenters. The summed E-state index contributed by atoms with van der Waals surface area (Å²) in [5.74, 6) is 0. The highest BCUT2D eigenvalue weighted by Gasteiger charge is 2.29. The van der Waals surface area contributed by atoms with Crippen molar-refractivity contribution in [2.75, 3.05) is 26.7 Å². The van der Waals surface area contributed by atoms with Crippen LogP contribution in [0, 0.1) is 0 Å². The lowest BCUT2D eigenvalue weighted by Crippen LogP contribution is -2.51. The van der Waals surface area contributed by atoms with Crippen LogP contribution < -0.4 is 5.73 Å². The predicted molar refractivity (Wildman–Crippen MR) is 109 cm³/mol. The van der Waals surface area contributed by atoms with Gasteiger partial charge < -0.3 is 15.5 Å². The summed E-state index contributed by atoms with van der Waals surface area (Å²) in [4.78, 5) is 15.8. The summed E-state index contributed by atoms with van der Waals surface area (Å²) >= 11 is 0. The van der Waals surface area contributed by atoms with Gasteiger partial charge in [-0.1, -0.05) is 48.5 Å². The fourth-order valence-electron chi connectivity index (χ4n) is 4.44. The number of aromatic nitrogens is 2. The fourth-order valence-corrected chi connectivity index (χ4v) is 4.44. The van der Waals surface area contributed by atoms with Crippen LogP contribution in [-0.4, -0.2) is 52.7 Å². The molecule has 6 heteroatoms. The molecule has 1 atom stereocenters. The Morgan fingerprint density at radius 1 is 1.14 bits per heavy atom. The molecular weight excluding hydrogens is 350 g/mol. The Labute approximate surface area is 164 Å². The average molecular weight is 373 g/mol. The number of aromatic amines is 1. The van der Waals surface area contributed by atoms with Crippen LogP contribution in [0.2, 0.25) is 0 Å². The molecule has 0 bridgehead atoms. The highest BCUT2D eigenvalue weighted by molar-refractivity contribution is 5.81. The average Bonchev–Trinajstić information content (AvgIpc) is 3.27. The van der Waals surface area contributed by atoms with Gasteiger partial charge in [-0.25, -0.2) is 4.79 Å². The fraction of sp³-hybridized carbons (Fsp3) is 0.273. The topological polar surface area (TPSA) is 78.2 Å². The molecule has 28 heavy (non-hydrogen) atoms. The Morgan fingerprint density at radius 3 is 2.71 bits per heavy atom. The standard InChI is InChI=1S/C22H23N5O/c1-26-10-11-27(22(23)28)19(13-26)14-6-8-15(9-7-14)20-18-12-16-4-2-3-5-17(16)21(18)25-24-20/h2-9,19H,10-13H2,1H3,(H2,23,28)(H,24,25). The van der Waals surface area contributed by atoms with Crippen LogP contribution in [0.1, 0.15) is 22.7 Å². The van der Waals surface area contributed by atoms with E-state index < -0.39 is 0 Å². The number of nitrogens with one attached hydrogen (secondary N) is 1. The molecule has 5 rings (SSSR count). The number of carbonyl (C=O) groups excluding carboxylic acids is 1. The Balaban J connectivity index is 1.45. The number of hydrogen-bond acceptors (Lipinski definition) is 3. The van der Waals surface area contributed by atoms with E-state index in [1.807, 2.05) is 0 Å². The lowest BCUT2D eigenvalue weighted by Gasteiger charge is -2.39. The Morgan fingerprint density at radius 2 is 1.93 bits per heavy atom. The normalized spacial score (nSPS) is 18.8. The monoisotopic (exact) mass is 373 g/mol. The van der Waals surface area contributed by atoms with Crippen LogP contribution in [0.3, 0.4) is 0 Å². The molecule has 0 saturated carbocycles. The number of hydrogen-bond donors (Lipinski definition) is 2. The van der Waals surface area contributed by atoms with E-state index in [0.717, 1.165) is 42.0 Å². The maximum absolute atomic E-state index is 11.8. The van der Waals surface area contributed by atoms with Crippen molar-refractivity contribution in [3.05, 3.63) is 65.2 Å². The van der Waals surface area contributed by atoms with Gasteiger partial charge in [0.15, 0.2) is 0 Å². The van der Waals surface area contributed by atoms with Crippen molar-refractivity contribution >= 4 is 6.03 Å². The SMILES string of the molecule is CN1CCN(C(N)=O)C(c2ccc(-c3n[nH]c4c3Cc3ccccc3-4)cc2)C1. The summed E-state index contributed by atoms with van der Waals surface area (Å²) in [5, 5.41) is 7.81. The van der Waals surface area contributed by atoms with Crippen LogP contribution in [0.4, 0.5) is 4.79 Å². The summed E-state index contributed by atoms with van der Waals surface area (Å²) in [6.07, 6.45) is 0.905. The van der Waals surface area contributed by atoms with E-state index in [2.05, 4.69) is 70.7 Å². The number of benzene rings is 2. The van der Waals surface area contributed by atoms with Gasteiger partial charge in [0, 0.05) is 42.7 Å². The van der Waals surface area contributed by atoms with E-state index >= 15 is 0 Å². The Hall–Kier alpha value is -3.12. The van der Waals surface area contributed by atoms with Gasteiger partial charge in [0.2, 0.25) is 0 Å². The molecule has 3 aromatic rings. The minimum atomic E-state index is -0.356. The second-order valence-corrected chi connectivity index (χ2v) is 7.69. The van der Waals surface area contributed by atoms with Crippen LogP contribution in [-0.2, 0) is 6.42 Å². The molecule has 1 fully saturated rings. The molecule has 1 aromatic heterocycles. The van der Waals surface area contributed by atoms with Gasteiger partial charge in [-0.3, -0.25) is 5.10 Å². The molecule has 1 saturated heterocycles. The summed E-state index contributed by atoms with van der Waals surface area (Å²) < 4.78 is 0. The molecule has 3 N–H and O–H groups in total. The van der Waals surface area contributed by atoms with Gasteiger partial charge in [0.05, 0.1) is 17.4 Å². The first-order chi connectivity index (χ1) is 13.6. The number of nitrogens with two attached hydrogens (primary N) is 1. The summed E-state index contributed by atoms with van der Waals surface area (Å²) in [5.41, 5.74) is 13.8. The highest BCUT2D eigenvalue weighted by Crippen LogP contribution is 2.40. The molecule has 1 aliphatic carbocycles. The summed E-state index contributed by atoms with van der Waals surface area (Å²) in [6.45, 7) is 2.29. The molecule has 142 valence electrons. The zero-order chi connectivity index (χ0) is 19.3. The number of piperazine rings is 1. The number of primary amides is 1. The second-order valence-electron chi connectivity index (χ2n) is 7.69. The van der Waals surface area contributed by atoms with Crippen molar-refractivity contribution in [3.8, 4) is 22.5 Å². The van der Waals surface area contributed by atoms with E-state index in [1.54, 1.807) is 4.90 Å². The number of carbonyl (C=O) groups is 1. The van der Waals surface area contributed by atoms with Crippen LogP contribution in [0.15, 0.2) is 48.5 Å². The third-order valence-electron chi connectivity index (χ3n) is 5.96. The van der Waals surface area contributed by atoms with E-state index in [1.165, 1.54) is 16.7 Å². The first-order valence-electron chi connectivity index (χ1n) is 9.62. The largest absolute Gasteiger partial charge is 0.351 e. The second kappa shape index (κ2) is 6.49. The molecule has 0 radical (unpaired) electrons. The van der Waals surface area contributed by atoms with Crippen molar-refractivity contribution in [2.24, 2.45) is 5.73 Å². The lowest BCUT2D eigenvalue weighted by molar-refractivity contribution is 0.114. The van der Waals surface area contributed by atoms with Crippen molar-refractivity contribution in [2.45, 2.75) is 12.5 Å². The van der Waals surface area contributed by atoms with E-state index in [9.17, 15) is 4.79 Å². The van der Waals surface area contributed by atoms with Crippen LogP contribution in [0.5, 0.6) is 0 Å². The number of fused-ring (bicyclic) bond motifs is 3. The van der Waals surface area contributed by atoms with Gasteiger partial charge >= 0.3 is 6.03 Å². The molecule has 2 amide bonds. The number of H-pyrrole nitrogens is 1. The van der Waals surface area contributed by atoms with Crippen molar-refractivity contribution < 1.29 is 4.79 Å². The number of urea groups is 1. The van der Waals surface area contributed by atoms with Gasteiger partial charge in [-0.15, -0.1) is 0 Å². The number of rotatable bonds is 2. The molecule has 2 aromatic carbocycles. The molecule has 0 spiro atoms. The van der Waals surface area contributed by atoms with Crippen molar-refractivity contribution in [3.63, 3.8) is 0 Å². The first-order valence-corrected chi connectivity index (χ1v) is 9.62. The van der Waals surface area contributed by atoms with Crippen molar-refractivity contribution in [1.29, 1.82) is 0 Å². The smallest absolute Gasteiger partial charge is 0.315 e. The maximum Gasteiger partial charge on any atom is 0.315 e. The molecular formula is C22H23N5O. The highest BCUT2D eigenvalue weighted by atomic mass is 16.2. The van der Waals surface area contributed by atoms with Gasteiger partial charge in [0.25, 0.3) is 0 Å². The Kier molecular flexibility index (Phi) is 3.94. The minimum absolute atomic E-state index is 0.0144. The molecule has 6 nitrogen and oxygen atoms in total. The van der Waals surface area contributed by atoms with E-state index in [-0.39, 0.29) is 12.1 Å². The number of amides is 2. The zero-order valence-electron chi connectivity index (χ0n) is 15.9. The molecule has 2 heterocycles. The zero-order valence-corrected chi connectivity index (χ0v) is 15.9. The first kappa shape index (κ1) is 17.0. The van der Waals surface area contributed by atoms with E-state index in [0.29, 0.717) is 6.54 Å². The van der Waals surface area contributed by atoms with E-state index in [4.69, 9.17) is 5.73 Å². The summed E-state index contributed by atoms with van der Waals surface area (Å²) in [6, 6.07) is 16.5. The van der Waals surface area contributed by atoms with Crippen LogP contribution >= 0.6 is 0 Å². The minimum Gasteiger partial charge on any atom is -0.351 e. The molecule has 1 aliphatic heterocycles. The van der Waals surface area contributed by atoms with Gasteiger partial charge in [-0.05, 0) is 18.2 Å². The van der Waals surface area contributed by atoms with Gasteiger partial charge in [0.1, 0.15) is 0 Å². The maximum atomic E-state index is 11.8. The summed E-state index contributed by atoms with van der Waals surface area (Å²) in [7, 11) is 2.07. The lowest BCUT2D eigenvalue weighted by atomic mass is 9.99.